The van der Waals surface area contributed by atoms with Crippen LogP contribution >= 0.6 is 11.6 Å². The van der Waals surface area contributed by atoms with Crippen molar-refractivity contribution in [2.45, 2.75) is 38.5 Å². The molecule has 2 atom stereocenters. The Bertz CT molecular complexity index is 88.6. The molecule has 0 heterocycles. The Morgan fingerprint density at radius 2 is 2.11 bits per heavy atom. The molecule has 0 aromatic heterocycles. The van der Waals surface area contributed by atoms with Crippen LogP contribution in [0.2, 0.25) is 0 Å². The van der Waals surface area contributed by atoms with Gasteiger partial charge in [-0.05, 0) is 31.1 Å². The summed E-state index contributed by atoms with van der Waals surface area (Å²) in [6.07, 6.45) is 3.94. The van der Waals surface area contributed by atoms with Crippen LogP contribution in [0.25, 0.3) is 0 Å². The molecule has 0 aromatic carbocycles. The molecule has 1 heteroatoms. The van der Waals surface area contributed by atoms with E-state index >= 15 is 0 Å². The third-order valence-electron chi connectivity index (χ3n) is 2.10. The largest absolute Gasteiger partial charge is 0.123 e. The summed E-state index contributed by atoms with van der Waals surface area (Å²) < 4.78 is 0. The van der Waals surface area contributed by atoms with Gasteiger partial charge in [0.1, 0.15) is 0 Å². The van der Waals surface area contributed by atoms with Gasteiger partial charge in [-0.15, -0.1) is 11.6 Å². The summed E-state index contributed by atoms with van der Waals surface area (Å²) in [5.74, 6) is 1.67. The van der Waals surface area contributed by atoms with Crippen LogP contribution in [-0.4, -0.2) is 5.38 Å². The van der Waals surface area contributed by atoms with Gasteiger partial charge in [0, 0.05) is 5.38 Å². The maximum Gasteiger partial charge on any atom is 0.0364 e. The maximum absolute atomic E-state index is 5.96. The molecule has 0 saturated heterocycles. The van der Waals surface area contributed by atoms with Crippen LogP contribution in [0, 0.1) is 11.8 Å². The van der Waals surface area contributed by atoms with Crippen LogP contribution in [0.5, 0.6) is 0 Å². The van der Waals surface area contributed by atoms with E-state index in [0.29, 0.717) is 5.38 Å². The molecule has 1 aliphatic carbocycles. The van der Waals surface area contributed by atoms with Gasteiger partial charge in [-0.25, -0.2) is 0 Å². The van der Waals surface area contributed by atoms with Crippen molar-refractivity contribution in [2.75, 3.05) is 0 Å². The Kier molecular flexibility index (Phi) is 2.40. The minimum atomic E-state index is 0.507. The van der Waals surface area contributed by atoms with Gasteiger partial charge in [0.05, 0.1) is 0 Å². The van der Waals surface area contributed by atoms with Crippen molar-refractivity contribution in [1.82, 2.24) is 0 Å². The summed E-state index contributed by atoms with van der Waals surface area (Å²) >= 11 is 5.96. The quantitative estimate of drug-likeness (QED) is 0.526. The van der Waals surface area contributed by atoms with Crippen molar-refractivity contribution in [3.8, 4) is 0 Å². The number of hydrogen-bond donors (Lipinski definition) is 0. The second-order valence-electron chi connectivity index (χ2n) is 3.48. The van der Waals surface area contributed by atoms with Gasteiger partial charge in [-0.3, -0.25) is 0 Å². The minimum Gasteiger partial charge on any atom is -0.123 e. The summed E-state index contributed by atoms with van der Waals surface area (Å²) in [5.41, 5.74) is 0. The van der Waals surface area contributed by atoms with Gasteiger partial charge in [-0.1, -0.05) is 13.8 Å². The summed E-state index contributed by atoms with van der Waals surface area (Å²) in [7, 11) is 0. The average Bonchev–Trinajstić information content (AvgIpc) is 1.79. The van der Waals surface area contributed by atoms with Crippen LogP contribution in [0.15, 0.2) is 0 Å². The van der Waals surface area contributed by atoms with E-state index in [4.69, 9.17) is 11.6 Å². The van der Waals surface area contributed by atoms with Gasteiger partial charge in [0.2, 0.25) is 0 Å². The van der Waals surface area contributed by atoms with Crippen LogP contribution in [0.3, 0.4) is 0 Å². The summed E-state index contributed by atoms with van der Waals surface area (Å²) in [5, 5.41) is 0.507. The Labute approximate surface area is 62.6 Å². The lowest BCUT2D eigenvalue weighted by Crippen LogP contribution is -2.27. The van der Waals surface area contributed by atoms with Crippen LogP contribution in [-0.2, 0) is 0 Å². The lowest BCUT2D eigenvalue weighted by Gasteiger charge is -2.32. The van der Waals surface area contributed by atoms with E-state index < -0.39 is 0 Å². The van der Waals surface area contributed by atoms with Gasteiger partial charge >= 0.3 is 0 Å². The van der Waals surface area contributed by atoms with Gasteiger partial charge < -0.3 is 0 Å². The molecule has 54 valence electrons. The molecule has 0 radical (unpaired) electrons. The molecule has 0 bridgehead atoms. The van der Waals surface area contributed by atoms with Crippen molar-refractivity contribution >= 4 is 11.6 Å². The summed E-state index contributed by atoms with van der Waals surface area (Å²) in [6, 6.07) is 0. The fraction of sp³-hybridized carbons (Fsp3) is 1.00. The molecule has 1 saturated carbocycles. The Morgan fingerprint density at radius 3 is 2.22 bits per heavy atom. The van der Waals surface area contributed by atoms with Crippen molar-refractivity contribution in [2.24, 2.45) is 11.8 Å². The lowest BCUT2D eigenvalue weighted by molar-refractivity contribution is 0.272. The van der Waals surface area contributed by atoms with Crippen LogP contribution < -0.4 is 0 Å². The standard InChI is InChI=1S/C8H15Cl/c1-6(2)5-7-3-4-8(7)9/h6-8H,3-5H2,1-2H3. The first-order valence-corrected chi connectivity index (χ1v) is 4.28. The predicted molar refractivity (Wildman–Crippen MR) is 41.8 cm³/mol. The van der Waals surface area contributed by atoms with Crippen LogP contribution in [0.4, 0.5) is 0 Å². The number of halogens is 1. The fourth-order valence-corrected chi connectivity index (χ4v) is 1.75. The van der Waals surface area contributed by atoms with Crippen molar-refractivity contribution < 1.29 is 0 Å². The zero-order valence-corrected chi connectivity index (χ0v) is 6.99. The predicted octanol–water partition coefficient (Wildman–Crippen LogP) is 3.05. The fourth-order valence-electron chi connectivity index (χ4n) is 1.40. The first-order chi connectivity index (χ1) is 4.20. The molecular weight excluding hydrogens is 132 g/mol. The SMILES string of the molecule is CC(C)CC1CCC1Cl. The molecule has 9 heavy (non-hydrogen) atoms. The highest BCUT2D eigenvalue weighted by molar-refractivity contribution is 6.21. The second kappa shape index (κ2) is 2.92. The molecule has 0 amide bonds. The molecule has 1 aliphatic rings. The number of alkyl halides is 1. The van der Waals surface area contributed by atoms with E-state index in [1.165, 1.54) is 19.3 Å². The van der Waals surface area contributed by atoms with Crippen molar-refractivity contribution in [3.05, 3.63) is 0 Å². The topological polar surface area (TPSA) is 0 Å². The molecule has 0 aliphatic heterocycles. The number of rotatable bonds is 2. The molecule has 2 unspecified atom stereocenters. The van der Waals surface area contributed by atoms with Gasteiger partial charge in [0.25, 0.3) is 0 Å². The summed E-state index contributed by atoms with van der Waals surface area (Å²) in [4.78, 5) is 0. The highest BCUT2D eigenvalue weighted by Gasteiger charge is 2.28. The molecule has 1 fully saturated rings. The zero-order chi connectivity index (χ0) is 6.85. The maximum atomic E-state index is 5.96. The average molecular weight is 147 g/mol. The van der Waals surface area contributed by atoms with E-state index in [1.807, 2.05) is 0 Å². The van der Waals surface area contributed by atoms with Crippen LogP contribution in [0.1, 0.15) is 33.1 Å². The second-order valence-corrected chi connectivity index (χ2v) is 4.04. The monoisotopic (exact) mass is 146 g/mol. The van der Waals surface area contributed by atoms with Gasteiger partial charge in [0.15, 0.2) is 0 Å². The van der Waals surface area contributed by atoms with E-state index in [2.05, 4.69) is 13.8 Å². The first-order valence-electron chi connectivity index (χ1n) is 3.84. The highest BCUT2D eigenvalue weighted by Crippen LogP contribution is 2.36. The molecule has 0 N–H and O–H groups in total. The molecule has 0 nitrogen and oxygen atoms in total. The molecule has 1 rings (SSSR count). The third kappa shape index (κ3) is 1.86. The smallest absolute Gasteiger partial charge is 0.0364 e. The Balaban J connectivity index is 2.13. The zero-order valence-electron chi connectivity index (χ0n) is 6.23. The van der Waals surface area contributed by atoms with Crippen molar-refractivity contribution in [3.63, 3.8) is 0 Å². The normalized spacial score (nSPS) is 34.7. The number of hydrogen-bond acceptors (Lipinski definition) is 0. The first kappa shape index (κ1) is 7.40. The molecule has 0 spiro atoms. The van der Waals surface area contributed by atoms with E-state index in [0.717, 1.165) is 11.8 Å². The van der Waals surface area contributed by atoms with Crippen molar-refractivity contribution in [1.29, 1.82) is 0 Å². The minimum absolute atomic E-state index is 0.507. The van der Waals surface area contributed by atoms with E-state index in [1.54, 1.807) is 0 Å². The Hall–Kier alpha value is 0.290. The van der Waals surface area contributed by atoms with E-state index in [9.17, 15) is 0 Å². The Morgan fingerprint density at radius 1 is 1.44 bits per heavy atom. The third-order valence-corrected chi connectivity index (χ3v) is 2.67. The lowest BCUT2D eigenvalue weighted by atomic mass is 9.79. The van der Waals surface area contributed by atoms with Gasteiger partial charge in [-0.2, -0.15) is 0 Å². The highest BCUT2D eigenvalue weighted by atomic mass is 35.5. The molecule has 0 aromatic rings. The summed E-state index contributed by atoms with van der Waals surface area (Å²) in [6.45, 7) is 4.53. The van der Waals surface area contributed by atoms with E-state index in [-0.39, 0.29) is 0 Å². The molecular formula is C8H15Cl.